The summed E-state index contributed by atoms with van der Waals surface area (Å²) in [7, 11) is 2.06. The molecule has 0 aliphatic carbocycles. The average molecular weight is 411 g/mol. The second kappa shape index (κ2) is 7.79. The van der Waals surface area contributed by atoms with Gasteiger partial charge < -0.3 is 25.0 Å². The molecule has 0 bridgehead atoms. The summed E-state index contributed by atoms with van der Waals surface area (Å²) in [5.41, 5.74) is 3.45. The number of hydrogen-bond donors (Lipinski definition) is 3. The first kappa shape index (κ1) is 19.9. The van der Waals surface area contributed by atoms with Gasteiger partial charge in [0.15, 0.2) is 23.0 Å². The van der Waals surface area contributed by atoms with Crippen LogP contribution in [0, 0.1) is 5.82 Å². The maximum absolute atomic E-state index is 14.0. The number of carbonyl (C=O) groups excluding carboxylic acids is 1. The second-order valence-corrected chi connectivity index (χ2v) is 7.39. The lowest BCUT2D eigenvalue weighted by Crippen LogP contribution is -2.26. The van der Waals surface area contributed by atoms with Gasteiger partial charge in [0, 0.05) is 25.7 Å². The summed E-state index contributed by atoms with van der Waals surface area (Å²) in [6, 6.07) is 7.70. The molecule has 4 rings (SSSR count). The number of halogens is 1. The monoisotopic (exact) mass is 411 g/mol. The molecule has 0 spiro atoms. The van der Waals surface area contributed by atoms with Crippen LogP contribution in [0.5, 0.6) is 11.5 Å². The molecule has 0 fully saturated rings. The number of amides is 1. The molecule has 0 radical (unpaired) electrons. The molecule has 2 heterocycles. The van der Waals surface area contributed by atoms with Crippen LogP contribution < -0.4 is 5.32 Å². The Morgan fingerprint density at radius 2 is 2.03 bits per heavy atom. The zero-order valence-corrected chi connectivity index (χ0v) is 16.7. The number of nitrogens with one attached hydrogen (secondary N) is 1. The van der Waals surface area contributed by atoms with Gasteiger partial charge in [0.2, 0.25) is 0 Å². The van der Waals surface area contributed by atoms with Crippen LogP contribution >= 0.6 is 0 Å². The topological polar surface area (TPSA) is 98.8 Å². The van der Waals surface area contributed by atoms with E-state index in [0.29, 0.717) is 17.7 Å². The fourth-order valence-corrected chi connectivity index (χ4v) is 3.72. The van der Waals surface area contributed by atoms with Gasteiger partial charge in [-0.1, -0.05) is 23.4 Å². The molecule has 1 aliphatic heterocycles. The Kier molecular flexibility index (Phi) is 5.17. The summed E-state index contributed by atoms with van der Waals surface area (Å²) < 4.78 is 19.4. The van der Waals surface area contributed by atoms with Crippen molar-refractivity contribution in [1.82, 2.24) is 15.4 Å². The second-order valence-electron chi connectivity index (χ2n) is 7.39. The Balaban J connectivity index is 1.90. The quantitative estimate of drug-likeness (QED) is 0.609. The van der Waals surface area contributed by atoms with E-state index in [0.717, 1.165) is 37.2 Å². The first-order valence-electron chi connectivity index (χ1n) is 9.69. The average Bonchev–Trinajstić information content (AvgIpc) is 3.15. The van der Waals surface area contributed by atoms with Gasteiger partial charge in [0.05, 0.1) is 11.1 Å². The first-order chi connectivity index (χ1) is 14.4. The Hall–Kier alpha value is -3.39. The van der Waals surface area contributed by atoms with Crippen molar-refractivity contribution in [3.05, 3.63) is 53.0 Å². The first-order valence-corrected chi connectivity index (χ1v) is 9.69. The molecule has 30 heavy (non-hydrogen) atoms. The molecule has 156 valence electrons. The smallest absolute Gasteiger partial charge is 0.274 e. The molecule has 1 aromatic heterocycles. The molecule has 1 amide bonds. The van der Waals surface area contributed by atoms with Crippen LogP contribution in [-0.2, 0) is 13.0 Å². The lowest BCUT2D eigenvalue weighted by atomic mass is 9.92. The molecule has 0 atom stereocenters. The summed E-state index contributed by atoms with van der Waals surface area (Å²) in [4.78, 5) is 14.8. The molecule has 7 nitrogen and oxygen atoms in total. The Labute approximate surface area is 172 Å². The third kappa shape index (κ3) is 3.50. The van der Waals surface area contributed by atoms with Gasteiger partial charge >= 0.3 is 0 Å². The van der Waals surface area contributed by atoms with E-state index in [-0.39, 0.29) is 22.8 Å². The van der Waals surface area contributed by atoms with Gasteiger partial charge in [0.1, 0.15) is 5.75 Å². The highest BCUT2D eigenvalue weighted by atomic mass is 19.1. The number of phenols is 2. The molecule has 0 unspecified atom stereocenters. The van der Waals surface area contributed by atoms with Crippen LogP contribution in [0.2, 0.25) is 0 Å². The minimum atomic E-state index is -0.918. The van der Waals surface area contributed by atoms with Crippen LogP contribution in [0.4, 0.5) is 4.39 Å². The lowest BCUT2D eigenvalue weighted by Gasteiger charge is -2.25. The van der Waals surface area contributed by atoms with Gasteiger partial charge in [-0.2, -0.15) is 0 Å². The predicted molar refractivity (Wildman–Crippen MR) is 109 cm³/mol. The van der Waals surface area contributed by atoms with Crippen molar-refractivity contribution in [3.63, 3.8) is 0 Å². The van der Waals surface area contributed by atoms with Crippen LogP contribution in [-0.4, -0.2) is 46.3 Å². The van der Waals surface area contributed by atoms with Crippen LogP contribution in [0.25, 0.3) is 22.5 Å². The number of benzene rings is 2. The minimum absolute atomic E-state index is 0.000743. The molecule has 8 heteroatoms. The van der Waals surface area contributed by atoms with Crippen molar-refractivity contribution in [2.45, 2.75) is 19.9 Å². The largest absolute Gasteiger partial charge is 0.507 e. The van der Waals surface area contributed by atoms with Gasteiger partial charge in [-0.3, -0.25) is 4.79 Å². The van der Waals surface area contributed by atoms with Crippen molar-refractivity contribution in [3.8, 4) is 33.9 Å². The summed E-state index contributed by atoms with van der Waals surface area (Å²) >= 11 is 0. The summed E-state index contributed by atoms with van der Waals surface area (Å²) in [5, 5.41) is 26.4. The van der Waals surface area contributed by atoms with Crippen LogP contribution in [0.1, 0.15) is 28.5 Å². The van der Waals surface area contributed by atoms with Gasteiger partial charge in [-0.05, 0) is 43.1 Å². The highest BCUT2D eigenvalue weighted by Crippen LogP contribution is 2.41. The number of nitrogens with zero attached hydrogens (tertiary/aromatic N) is 2. The fraction of sp³-hybridized carbons (Fsp3) is 0.273. The van der Waals surface area contributed by atoms with Gasteiger partial charge in [-0.25, -0.2) is 4.39 Å². The third-order valence-electron chi connectivity index (χ3n) is 5.25. The number of likely N-dealkylation sites (N-methyl/N-ethyl adjacent to an activating group) is 1. The molecule has 3 N–H and O–H groups in total. The highest BCUT2D eigenvalue weighted by molar-refractivity contribution is 6.02. The molecule has 0 saturated heterocycles. The Morgan fingerprint density at radius 3 is 2.80 bits per heavy atom. The highest BCUT2D eigenvalue weighted by Gasteiger charge is 2.27. The summed E-state index contributed by atoms with van der Waals surface area (Å²) in [6.07, 6.45) is 0.857. The van der Waals surface area contributed by atoms with Crippen molar-refractivity contribution in [1.29, 1.82) is 0 Å². The third-order valence-corrected chi connectivity index (χ3v) is 5.25. The summed E-state index contributed by atoms with van der Waals surface area (Å²) in [6.45, 7) is 3.94. The Morgan fingerprint density at radius 1 is 1.23 bits per heavy atom. The van der Waals surface area contributed by atoms with E-state index in [1.165, 1.54) is 5.56 Å². The van der Waals surface area contributed by atoms with E-state index in [4.69, 9.17) is 4.52 Å². The van der Waals surface area contributed by atoms with E-state index in [1.807, 2.05) is 18.2 Å². The van der Waals surface area contributed by atoms with Crippen molar-refractivity contribution in [2.75, 3.05) is 20.1 Å². The van der Waals surface area contributed by atoms with Gasteiger partial charge in [0.25, 0.3) is 5.91 Å². The predicted octanol–water partition coefficient (Wildman–Crippen LogP) is 3.30. The normalized spacial score (nSPS) is 13.8. The zero-order valence-electron chi connectivity index (χ0n) is 16.7. The van der Waals surface area contributed by atoms with Gasteiger partial charge in [-0.15, -0.1) is 0 Å². The molecule has 2 aromatic carbocycles. The van der Waals surface area contributed by atoms with Crippen molar-refractivity contribution < 1.29 is 23.9 Å². The minimum Gasteiger partial charge on any atom is -0.507 e. The number of fused-ring (bicyclic) bond motifs is 1. The number of carbonyl (C=O) groups is 1. The van der Waals surface area contributed by atoms with Crippen LogP contribution in [0.15, 0.2) is 34.9 Å². The van der Waals surface area contributed by atoms with E-state index in [1.54, 1.807) is 6.92 Å². The number of aromatic nitrogens is 1. The van der Waals surface area contributed by atoms with Crippen LogP contribution in [0.3, 0.4) is 0 Å². The van der Waals surface area contributed by atoms with E-state index < -0.39 is 17.5 Å². The molecule has 3 aromatic rings. The lowest BCUT2D eigenvalue weighted by molar-refractivity contribution is 0.0947. The molecule has 1 aliphatic rings. The van der Waals surface area contributed by atoms with E-state index in [2.05, 4.69) is 22.4 Å². The number of hydrogen-bond acceptors (Lipinski definition) is 6. The van der Waals surface area contributed by atoms with Crippen molar-refractivity contribution in [2.24, 2.45) is 0 Å². The van der Waals surface area contributed by atoms with Crippen molar-refractivity contribution >= 4 is 5.91 Å². The summed E-state index contributed by atoms with van der Waals surface area (Å²) in [5.74, 6) is -2.36. The molecular weight excluding hydrogens is 389 g/mol. The number of aromatic hydroxyl groups is 2. The SMILES string of the molecule is CCNC(=O)c1noc(-c2cc(F)c(O)cc2O)c1-c1ccc2c(c1)CCN(C)C2. The molecular formula is C22H22FN3O4. The standard InChI is InChI=1S/C22H22FN3O4/c1-3-24-22(29)20-19(13-4-5-14-11-26(2)7-6-12(14)8-13)21(30-25-20)15-9-16(23)18(28)10-17(15)27/h4-5,8-10,27-28H,3,6-7,11H2,1-2H3,(H,24,29). The van der Waals surface area contributed by atoms with E-state index in [9.17, 15) is 19.4 Å². The Bertz CT molecular complexity index is 1130. The fourth-order valence-electron chi connectivity index (χ4n) is 3.72. The maximum atomic E-state index is 14.0. The number of rotatable bonds is 4. The molecule has 0 saturated carbocycles. The number of phenolic OH excluding ortho intramolecular Hbond substituents is 2. The van der Waals surface area contributed by atoms with E-state index >= 15 is 0 Å². The zero-order chi connectivity index (χ0) is 21.4. The maximum Gasteiger partial charge on any atom is 0.274 e.